The quantitative estimate of drug-likeness (QED) is 0.258. The largest absolute Gasteiger partial charge is 0.510 e. The Balaban J connectivity index is 1.60. The number of phenolic OH excluding ortho intramolecular Hbond substituents is 1. The minimum Gasteiger partial charge on any atom is -0.510 e. The van der Waals surface area contributed by atoms with Crippen LogP contribution in [0.3, 0.4) is 0 Å². The molecule has 0 unspecified atom stereocenters. The highest BCUT2D eigenvalue weighted by Gasteiger charge is 2.63. The molecule has 0 aromatic heterocycles. The number of aliphatic hydroxyl groups excluding tert-OH is 2. The second-order valence-electron chi connectivity index (χ2n) is 11.8. The number of nitrogens with two attached hydrogens (primary N) is 1. The van der Waals surface area contributed by atoms with Crippen LogP contribution in [-0.2, 0) is 29.1 Å². The average molecular weight is 595 g/mol. The number of phenols is 1. The Kier molecular flexibility index (Phi) is 7.57. The van der Waals surface area contributed by atoms with Crippen molar-refractivity contribution in [2.24, 2.45) is 17.6 Å². The minimum absolute atomic E-state index is 0.00530. The van der Waals surface area contributed by atoms with Gasteiger partial charge in [0.25, 0.3) is 5.91 Å². The lowest BCUT2D eigenvalue weighted by molar-refractivity contribution is -0.148. The van der Waals surface area contributed by atoms with Crippen LogP contribution in [0.4, 0.5) is 10.1 Å². The Labute approximate surface area is 247 Å². The second-order valence-corrected chi connectivity index (χ2v) is 11.8. The van der Waals surface area contributed by atoms with Gasteiger partial charge in [-0.3, -0.25) is 19.3 Å². The number of halogens is 1. The van der Waals surface area contributed by atoms with Gasteiger partial charge in [-0.05, 0) is 50.6 Å². The van der Waals surface area contributed by atoms with Crippen LogP contribution in [-0.4, -0.2) is 82.6 Å². The van der Waals surface area contributed by atoms with Crippen LogP contribution >= 0.6 is 0 Å². The number of aliphatic hydroxyl groups is 3. The molecule has 3 aliphatic carbocycles. The number of anilines is 1. The van der Waals surface area contributed by atoms with Crippen molar-refractivity contribution >= 4 is 23.2 Å². The van der Waals surface area contributed by atoms with Gasteiger partial charge in [0.15, 0.2) is 11.4 Å². The molecule has 4 atom stereocenters. The van der Waals surface area contributed by atoms with Crippen molar-refractivity contribution in [3.63, 3.8) is 0 Å². The van der Waals surface area contributed by atoms with E-state index in [1.54, 1.807) is 57.4 Å². The maximum Gasteiger partial charge on any atom is 0.255 e. The van der Waals surface area contributed by atoms with E-state index in [1.807, 2.05) is 0 Å². The molecule has 12 heteroatoms. The van der Waals surface area contributed by atoms with Crippen molar-refractivity contribution in [2.45, 2.75) is 37.6 Å². The first-order chi connectivity index (χ1) is 20.2. The van der Waals surface area contributed by atoms with Gasteiger partial charge in [-0.25, -0.2) is 4.39 Å². The van der Waals surface area contributed by atoms with Gasteiger partial charge in [0.2, 0.25) is 5.78 Å². The predicted molar refractivity (Wildman–Crippen MR) is 155 cm³/mol. The molecule has 0 saturated heterocycles. The zero-order chi connectivity index (χ0) is 31.5. The van der Waals surface area contributed by atoms with Crippen molar-refractivity contribution in [3.05, 3.63) is 81.1 Å². The van der Waals surface area contributed by atoms with E-state index in [0.717, 1.165) is 0 Å². The van der Waals surface area contributed by atoms with Gasteiger partial charge in [-0.1, -0.05) is 18.2 Å². The highest BCUT2D eigenvalue weighted by molar-refractivity contribution is 6.25. The summed E-state index contributed by atoms with van der Waals surface area (Å²) in [6.07, 6.45) is 0.184. The molecule has 3 aliphatic rings. The smallest absolute Gasteiger partial charge is 0.255 e. The summed E-state index contributed by atoms with van der Waals surface area (Å²) in [5.74, 6) is -7.35. The van der Waals surface area contributed by atoms with Gasteiger partial charge < -0.3 is 36.4 Å². The van der Waals surface area contributed by atoms with Crippen molar-refractivity contribution in [3.8, 4) is 5.75 Å². The van der Waals surface area contributed by atoms with Crippen LogP contribution in [0.15, 0.2) is 53.0 Å². The molecule has 0 heterocycles. The van der Waals surface area contributed by atoms with Crippen LogP contribution in [0.1, 0.15) is 33.5 Å². The maximum atomic E-state index is 14.1. The Bertz CT molecular complexity index is 1620. The lowest BCUT2D eigenvalue weighted by Gasteiger charge is -2.50. The normalized spacial score (nSPS) is 25.0. The van der Waals surface area contributed by atoms with E-state index in [2.05, 4.69) is 5.32 Å². The summed E-state index contributed by atoms with van der Waals surface area (Å²) in [5.41, 5.74) is 3.48. The van der Waals surface area contributed by atoms with E-state index in [4.69, 9.17) is 5.73 Å². The molecule has 5 rings (SSSR count). The molecule has 228 valence electrons. The Hall–Kier alpha value is -4.26. The van der Waals surface area contributed by atoms with Gasteiger partial charge in [-0.2, -0.15) is 0 Å². The van der Waals surface area contributed by atoms with E-state index in [9.17, 15) is 39.2 Å². The molecule has 0 spiro atoms. The van der Waals surface area contributed by atoms with Crippen LogP contribution in [0.25, 0.3) is 0 Å². The van der Waals surface area contributed by atoms with Crippen molar-refractivity contribution in [2.75, 3.05) is 33.1 Å². The molecule has 0 fully saturated rings. The first-order valence-corrected chi connectivity index (χ1v) is 13.9. The number of likely N-dealkylation sites (N-methyl/N-ethyl adjacent to an activating group) is 1. The predicted octanol–water partition coefficient (Wildman–Crippen LogP) is 1.62. The molecule has 7 N–H and O–H groups in total. The van der Waals surface area contributed by atoms with Gasteiger partial charge in [0.1, 0.15) is 28.7 Å². The number of ketones is 2. The fraction of sp³-hybridized carbons (Fsp3) is 0.387. The zero-order valence-electron chi connectivity index (χ0n) is 24.3. The highest BCUT2D eigenvalue weighted by Crippen LogP contribution is 2.53. The fourth-order valence-electron chi connectivity index (χ4n) is 6.86. The molecule has 2 aromatic rings. The van der Waals surface area contributed by atoms with Gasteiger partial charge >= 0.3 is 0 Å². The summed E-state index contributed by atoms with van der Waals surface area (Å²) in [4.78, 5) is 43.1. The summed E-state index contributed by atoms with van der Waals surface area (Å²) in [6, 6.07) is 6.95. The molecule has 2 aromatic carbocycles. The number of aromatic hydroxyl groups is 1. The lowest BCUT2D eigenvalue weighted by Crippen LogP contribution is -2.63. The van der Waals surface area contributed by atoms with E-state index >= 15 is 0 Å². The summed E-state index contributed by atoms with van der Waals surface area (Å²) in [5, 5.41) is 48.7. The summed E-state index contributed by atoms with van der Waals surface area (Å²) in [7, 11) is 6.73. The van der Waals surface area contributed by atoms with Gasteiger partial charge in [0, 0.05) is 55.5 Å². The fourth-order valence-corrected chi connectivity index (χ4v) is 6.86. The number of fused-ring (bicyclic) bond motifs is 3. The van der Waals surface area contributed by atoms with E-state index in [-0.39, 0.29) is 48.6 Å². The first kappa shape index (κ1) is 30.2. The molecule has 0 aliphatic heterocycles. The number of Topliss-reactive ketones (excluding diaryl/α,β-unsaturated/α-hetero) is 2. The molecule has 11 nitrogen and oxygen atoms in total. The van der Waals surface area contributed by atoms with Crippen LogP contribution in [0, 0.1) is 17.7 Å². The van der Waals surface area contributed by atoms with Gasteiger partial charge in [-0.15, -0.1) is 0 Å². The second kappa shape index (κ2) is 10.8. The number of hydrogen-bond acceptors (Lipinski definition) is 10. The maximum absolute atomic E-state index is 14.1. The molecule has 1 amide bonds. The topological polar surface area (TPSA) is 177 Å². The summed E-state index contributed by atoms with van der Waals surface area (Å²) >= 11 is 0. The number of carbonyl (C=O) groups is 3. The molecule has 43 heavy (non-hydrogen) atoms. The summed E-state index contributed by atoms with van der Waals surface area (Å²) < 4.78 is 14.1. The number of primary amides is 1. The molecular weight excluding hydrogens is 559 g/mol. The summed E-state index contributed by atoms with van der Waals surface area (Å²) in [6.45, 7) is 0.242. The third-order valence-corrected chi connectivity index (χ3v) is 8.85. The number of benzene rings is 2. The number of carbonyl (C=O) groups excluding carboxylic acids is 3. The van der Waals surface area contributed by atoms with Crippen molar-refractivity contribution < 1.29 is 39.2 Å². The third kappa shape index (κ3) is 4.57. The van der Waals surface area contributed by atoms with Crippen LogP contribution in [0.2, 0.25) is 0 Å². The lowest BCUT2D eigenvalue weighted by atomic mass is 9.58. The van der Waals surface area contributed by atoms with Crippen molar-refractivity contribution in [1.29, 1.82) is 0 Å². The highest BCUT2D eigenvalue weighted by atomic mass is 19.1. The zero-order valence-corrected chi connectivity index (χ0v) is 24.3. The molecule has 0 radical (unpaired) electrons. The molecular formula is C31H35FN4O7. The van der Waals surface area contributed by atoms with Crippen molar-refractivity contribution in [1.82, 2.24) is 10.2 Å². The first-order valence-electron chi connectivity index (χ1n) is 13.9. The minimum atomic E-state index is -2.70. The Morgan fingerprint density at radius 3 is 2.35 bits per heavy atom. The van der Waals surface area contributed by atoms with E-state index < -0.39 is 58.0 Å². The van der Waals surface area contributed by atoms with Crippen LogP contribution < -0.4 is 16.0 Å². The molecule has 0 saturated carbocycles. The van der Waals surface area contributed by atoms with E-state index in [0.29, 0.717) is 22.4 Å². The third-order valence-electron chi connectivity index (χ3n) is 8.85. The Morgan fingerprint density at radius 2 is 1.74 bits per heavy atom. The monoisotopic (exact) mass is 594 g/mol. The number of rotatable bonds is 7. The standard InChI is InChI=1S/C31H35FN4O7/c1-35(2)20-11-16(13-34-12-14-7-5-6-8-19(14)32)25(37)22-17(20)9-15-10-18-24(36(3)4)27(39)23(30(33)42)29(41)31(18,43)28(40)21(15)26(22)38/h5-8,11,15,18,24,34,37,39-40,43H,9-10,12-13H2,1-4H3,(H2,33,42)/t15-,18-,24-,31-/m0/s1. The number of hydrogen-bond donors (Lipinski definition) is 6. The average Bonchev–Trinajstić information content (AvgIpc) is 2.92. The number of nitrogens with zero attached hydrogens (tertiary/aromatic N) is 2. The number of amides is 1. The Morgan fingerprint density at radius 1 is 1.09 bits per heavy atom. The van der Waals surface area contributed by atoms with Gasteiger partial charge in [0.05, 0.1) is 11.6 Å². The number of allylic oxidation sites excluding steroid dienone is 1. The molecule has 0 bridgehead atoms. The van der Waals surface area contributed by atoms with E-state index in [1.165, 1.54) is 11.0 Å². The number of nitrogens with one attached hydrogen (secondary N) is 1. The SMILES string of the molecule is CN(C)c1cc(CNCc2ccccc2F)c(O)c2c1C[C@H]1C[C@H]3[C@H](N(C)C)C(O)=C(C(N)=O)C(=O)[C@@]3(O)C(O)=C1C2=O. The van der Waals surface area contributed by atoms with Crippen LogP contribution in [0.5, 0.6) is 5.75 Å².